The monoisotopic (exact) mass is 364 g/mol. The summed E-state index contributed by atoms with van der Waals surface area (Å²) in [6, 6.07) is 37.2. The van der Waals surface area contributed by atoms with Gasteiger partial charge in [-0.05, 0) is 0 Å². The van der Waals surface area contributed by atoms with E-state index in [1.54, 1.807) is 0 Å². The van der Waals surface area contributed by atoms with Gasteiger partial charge in [-0.3, -0.25) is 9.59 Å². The van der Waals surface area contributed by atoms with E-state index in [1.807, 2.05) is 121 Å². The van der Waals surface area contributed by atoms with Crippen LogP contribution in [0.5, 0.6) is 0 Å². The van der Waals surface area contributed by atoms with Crippen LogP contribution in [0.25, 0.3) is 0 Å². The summed E-state index contributed by atoms with van der Waals surface area (Å²) in [7, 11) is 0. The highest BCUT2D eigenvalue weighted by Gasteiger charge is 2.07. The van der Waals surface area contributed by atoms with Gasteiger partial charge in [0.15, 0.2) is 11.6 Å². The second-order valence-electron chi connectivity index (χ2n) is 6.12. The molecule has 0 fully saturated rings. The van der Waals surface area contributed by atoms with Crippen molar-refractivity contribution in [3.8, 4) is 0 Å². The van der Waals surface area contributed by atoms with E-state index < -0.39 is 0 Å². The third-order valence-corrected chi connectivity index (χ3v) is 4.14. The fraction of sp³-hybridized carbons (Fsp3) is 0. The smallest absolute Gasteiger partial charge is 0.193 e. The number of rotatable bonds is 4. The van der Waals surface area contributed by atoms with Crippen molar-refractivity contribution in [2.45, 2.75) is 0 Å². The van der Waals surface area contributed by atoms with Crippen molar-refractivity contribution in [2.24, 2.45) is 0 Å². The predicted octanol–water partition coefficient (Wildman–Crippen LogP) is 5.84. The molecule has 0 aliphatic heterocycles. The first-order valence-electron chi connectivity index (χ1n) is 9.05. The Balaban J connectivity index is 0.000000161. The Morgan fingerprint density at radius 3 is 0.679 bits per heavy atom. The summed E-state index contributed by atoms with van der Waals surface area (Å²) in [5.41, 5.74) is 2.94. The average Bonchev–Trinajstić information content (AvgIpc) is 2.81. The van der Waals surface area contributed by atoms with Crippen LogP contribution in [-0.4, -0.2) is 11.6 Å². The van der Waals surface area contributed by atoms with Crippen LogP contribution < -0.4 is 0 Å². The average molecular weight is 364 g/mol. The minimum absolute atomic E-state index is 0.0752. The largest absolute Gasteiger partial charge is 0.289 e. The van der Waals surface area contributed by atoms with Crippen LogP contribution in [0.15, 0.2) is 121 Å². The minimum atomic E-state index is 0.0752. The standard InChI is InChI=1S/2C13H10O/c2*14-13(11-7-3-1-4-8-11)12-9-5-2-6-10-12/h2*1-10H. The van der Waals surface area contributed by atoms with Gasteiger partial charge in [-0.25, -0.2) is 0 Å². The van der Waals surface area contributed by atoms with Crippen LogP contribution in [0, 0.1) is 0 Å². The topological polar surface area (TPSA) is 34.1 Å². The van der Waals surface area contributed by atoms with Gasteiger partial charge in [0.1, 0.15) is 0 Å². The van der Waals surface area contributed by atoms with E-state index in [2.05, 4.69) is 0 Å². The SMILES string of the molecule is O=C(c1ccccc1)c1ccccc1.O=C(c1ccccc1)c1ccccc1. The van der Waals surface area contributed by atoms with E-state index >= 15 is 0 Å². The second kappa shape index (κ2) is 9.79. The Hall–Kier alpha value is -3.78. The molecular weight excluding hydrogens is 344 g/mol. The summed E-state index contributed by atoms with van der Waals surface area (Å²) in [6.07, 6.45) is 0. The maximum Gasteiger partial charge on any atom is 0.193 e. The molecule has 2 nitrogen and oxygen atoms in total. The van der Waals surface area contributed by atoms with Crippen molar-refractivity contribution in [1.82, 2.24) is 0 Å². The highest BCUT2D eigenvalue weighted by Crippen LogP contribution is 2.09. The molecule has 0 aliphatic rings. The lowest BCUT2D eigenvalue weighted by atomic mass is 10.0. The molecule has 4 aromatic rings. The molecule has 0 aliphatic carbocycles. The predicted molar refractivity (Wildman–Crippen MR) is 113 cm³/mol. The van der Waals surface area contributed by atoms with Crippen molar-refractivity contribution < 1.29 is 9.59 Å². The Morgan fingerprint density at radius 1 is 0.321 bits per heavy atom. The van der Waals surface area contributed by atoms with Crippen LogP contribution in [-0.2, 0) is 0 Å². The lowest BCUT2D eigenvalue weighted by Crippen LogP contribution is -1.99. The number of hydrogen-bond acceptors (Lipinski definition) is 2. The second-order valence-corrected chi connectivity index (χ2v) is 6.12. The maximum atomic E-state index is 11.8. The minimum Gasteiger partial charge on any atom is -0.289 e. The van der Waals surface area contributed by atoms with Gasteiger partial charge in [-0.1, -0.05) is 121 Å². The molecule has 4 rings (SSSR count). The molecule has 0 N–H and O–H groups in total. The van der Waals surface area contributed by atoms with Gasteiger partial charge in [0.05, 0.1) is 0 Å². The Morgan fingerprint density at radius 2 is 0.500 bits per heavy atom. The third-order valence-electron chi connectivity index (χ3n) is 4.14. The molecule has 2 heteroatoms. The van der Waals surface area contributed by atoms with E-state index in [-0.39, 0.29) is 11.6 Å². The van der Waals surface area contributed by atoms with E-state index in [0.717, 1.165) is 22.3 Å². The van der Waals surface area contributed by atoms with Crippen LogP contribution in [0.3, 0.4) is 0 Å². The number of benzene rings is 4. The first-order chi connectivity index (χ1) is 13.8. The lowest BCUT2D eigenvalue weighted by molar-refractivity contribution is 0.103. The van der Waals surface area contributed by atoms with E-state index in [0.29, 0.717) is 0 Å². The number of hydrogen-bond donors (Lipinski definition) is 0. The van der Waals surface area contributed by atoms with Crippen LogP contribution >= 0.6 is 0 Å². The van der Waals surface area contributed by atoms with Crippen LogP contribution in [0.4, 0.5) is 0 Å². The van der Waals surface area contributed by atoms with Gasteiger partial charge in [0.2, 0.25) is 0 Å². The molecular formula is C26H20O2. The molecule has 0 bridgehead atoms. The fourth-order valence-corrected chi connectivity index (χ4v) is 2.69. The van der Waals surface area contributed by atoms with Crippen LogP contribution in [0.2, 0.25) is 0 Å². The van der Waals surface area contributed by atoms with Crippen molar-refractivity contribution >= 4 is 11.6 Å². The quantitative estimate of drug-likeness (QED) is 0.427. The molecule has 4 aromatic carbocycles. The molecule has 28 heavy (non-hydrogen) atoms. The Bertz CT molecular complexity index is 839. The first kappa shape index (κ1) is 19.0. The molecule has 136 valence electrons. The van der Waals surface area contributed by atoms with Gasteiger partial charge < -0.3 is 0 Å². The summed E-state index contributed by atoms with van der Waals surface area (Å²) in [4.78, 5) is 23.7. The molecule has 0 saturated heterocycles. The van der Waals surface area contributed by atoms with Crippen LogP contribution in [0.1, 0.15) is 31.8 Å². The molecule has 0 radical (unpaired) electrons. The zero-order chi connectivity index (χ0) is 19.6. The van der Waals surface area contributed by atoms with Gasteiger partial charge in [0.25, 0.3) is 0 Å². The fourth-order valence-electron chi connectivity index (χ4n) is 2.69. The molecule has 0 heterocycles. The number of carbonyl (C=O) groups is 2. The first-order valence-corrected chi connectivity index (χ1v) is 9.05. The molecule has 0 spiro atoms. The normalized spacial score (nSPS) is 9.71. The van der Waals surface area contributed by atoms with Crippen molar-refractivity contribution in [1.29, 1.82) is 0 Å². The van der Waals surface area contributed by atoms with Gasteiger partial charge in [-0.15, -0.1) is 0 Å². The maximum absolute atomic E-state index is 11.8. The Kier molecular flexibility index (Phi) is 6.64. The summed E-state index contributed by atoms with van der Waals surface area (Å²) in [5, 5.41) is 0. The summed E-state index contributed by atoms with van der Waals surface area (Å²) in [5.74, 6) is 0.150. The summed E-state index contributed by atoms with van der Waals surface area (Å²) >= 11 is 0. The number of ketones is 2. The van der Waals surface area contributed by atoms with E-state index in [9.17, 15) is 9.59 Å². The summed E-state index contributed by atoms with van der Waals surface area (Å²) < 4.78 is 0. The molecule has 0 saturated carbocycles. The highest BCUT2D eigenvalue weighted by molar-refractivity contribution is 6.09. The zero-order valence-corrected chi connectivity index (χ0v) is 15.4. The zero-order valence-electron chi connectivity index (χ0n) is 15.4. The van der Waals surface area contributed by atoms with E-state index in [4.69, 9.17) is 0 Å². The molecule has 0 atom stereocenters. The summed E-state index contributed by atoms with van der Waals surface area (Å²) in [6.45, 7) is 0. The highest BCUT2D eigenvalue weighted by atomic mass is 16.1. The van der Waals surface area contributed by atoms with Gasteiger partial charge in [-0.2, -0.15) is 0 Å². The molecule has 0 amide bonds. The third kappa shape index (κ3) is 5.12. The lowest BCUT2D eigenvalue weighted by Gasteiger charge is -1.99. The number of carbonyl (C=O) groups excluding carboxylic acids is 2. The Labute approximate surface area is 165 Å². The van der Waals surface area contributed by atoms with E-state index in [1.165, 1.54) is 0 Å². The van der Waals surface area contributed by atoms with Gasteiger partial charge in [0, 0.05) is 22.3 Å². The van der Waals surface area contributed by atoms with Crippen molar-refractivity contribution in [2.75, 3.05) is 0 Å². The van der Waals surface area contributed by atoms with Crippen molar-refractivity contribution in [3.05, 3.63) is 144 Å². The van der Waals surface area contributed by atoms with Gasteiger partial charge >= 0.3 is 0 Å². The molecule has 0 aromatic heterocycles. The van der Waals surface area contributed by atoms with Crippen molar-refractivity contribution in [3.63, 3.8) is 0 Å². The molecule has 0 unspecified atom stereocenters.